The van der Waals surface area contributed by atoms with Gasteiger partial charge in [-0.15, -0.1) is 0 Å². The summed E-state index contributed by atoms with van der Waals surface area (Å²) >= 11 is 0. The van der Waals surface area contributed by atoms with Gasteiger partial charge in [0.05, 0.1) is 5.69 Å². The average molecular weight is 371 g/mol. The number of aromatic nitrogens is 3. The van der Waals surface area contributed by atoms with Gasteiger partial charge in [0.15, 0.2) is 5.82 Å². The number of hydrogen-bond donors (Lipinski definition) is 2. The molecule has 4 rings (SSSR count). The first-order valence-electron chi connectivity index (χ1n) is 9.21. The lowest BCUT2D eigenvalue weighted by atomic mass is 10.1. The Morgan fingerprint density at radius 3 is 2.39 bits per heavy atom. The summed E-state index contributed by atoms with van der Waals surface area (Å²) in [4.78, 5) is 9.27. The molecule has 2 aromatic carbocycles. The number of anilines is 4. The van der Waals surface area contributed by atoms with Crippen LogP contribution in [0.3, 0.4) is 0 Å². The summed E-state index contributed by atoms with van der Waals surface area (Å²) in [6.07, 6.45) is 0.934. The molecule has 0 fully saturated rings. The molecule has 0 aliphatic rings. The zero-order valence-electron chi connectivity index (χ0n) is 15.8. The molecule has 0 radical (unpaired) electrons. The van der Waals surface area contributed by atoms with E-state index >= 15 is 0 Å². The maximum Gasteiger partial charge on any atom is 0.231 e. The highest BCUT2D eigenvalue weighted by Gasteiger charge is 2.10. The minimum absolute atomic E-state index is 0.450. The molecule has 0 unspecified atom stereocenters. The Morgan fingerprint density at radius 1 is 0.857 bits per heavy atom. The molecule has 0 saturated carbocycles. The summed E-state index contributed by atoms with van der Waals surface area (Å²) in [5.74, 6) is 2.45. The van der Waals surface area contributed by atoms with E-state index in [1.54, 1.807) is 6.07 Å². The van der Waals surface area contributed by atoms with Crippen LogP contribution in [0.1, 0.15) is 18.2 Å². The summed E-state index contributed by atoms with van der Waals surface area (Å²) in [6.45, 7) is 3.98. The van der Waals surface area contributed by atoms with Crippen LogP contribution in [0.25, 0.3) is 11.3 Å². The van der Waals surface area contributed by atoms with Crippen LogP contribution in [-0.2, 0) is 6.42 Å². The first-order chi connectivity index (χ1) is 13.7. The molecule has 140 valence electrons. The second-order valence-corrected chi connectivity index (χ2v) is 6.41. The number of rotatable bonds is 6. The molecule has 4 aromatic rings. The summed E-state index contributed by atoms with van der Waals surface area (Å²) in [5.41, 5.74) is 4.08. The number of hydrogen-bond acceptors (Lipinski definition) is 6. The lowest BCUT2D eigenvalue weighted by Crippen LogP contribution is -2.03. The van der Waals surface area contributed by atoms with Crippen molar-refractivity contribution in [3.63, 3.8) is 0 Å². The van der Waals surface area contributed by atoms with Crippen LogP contribution in [0, 0.1) is 6.92 Å². The van der Waals surface area contributed by atoms with Crippen molar-refractivity contribution in [2.45, 2.75) is 20.3 Å². The van der Waals surface area contributed by atoms with Crippen LogP contribution in [0.4, 0.5) is 23.3 Å². The molecule has 6 nitrogen and oxygen atoms in total. The molecule has 0 saturated heterocycles. The van der Waals surface area contributed by atoms with Crippen molar-refractivity contribution in [2.75, 3.05) is 10.6 Å². The topological polar surface area (TPSA) is 75.9 Å². The highest BCUT2D eigenvalue weighted by atomic mass is 16.5. The third-order valence-electron chi connectivity index (χ3n) is 4.32. The van der Waals surface area contributed by atoms with Crippen molar-refractivity contribution >= 4 is 23.3 Å². The van der Waals surface area contributed by atoms with E-state index < -0.39 is 0 Å². The normalized spacial score (nSPS) is 10.6. The lowest BCUT2D eigenvalue weighted by Gasteiger charge is -2.13. The Bertz CT molecular complexity index is 1080. The molecule has 2 heterocycles. The van der Waals surface area contributed by atoms with E-state index in [0.717, 1.165) is 29.1 Å². The van der Waals surface area contributed by atoms with Gasteiger partial charge in [0.25, 0.3) is 0 Å². The molecular formula is C22H21N5O. The number of nitrogens with zero attached hydrogens (tertiary/aromatic N) is 3. The summed E-state index contributed by atoms with van der Waals surface area (Å²) < 4.78 is 5.12. The van der Waals surface area contributed by atoms with Crippen LogP contribution in [0.2, 0.25) is 0 Å². The lowest BCUT2D eigenvalue weighted by molar-refractivity contribution is 0.400. The summed E-state index contributed by atoms with van der Waals surface area (Å²) in [7, 11) is 0. The van der Waals surface area contributed by atoms with E-state index in [4.69, 9.17) is 4.52 Å². The smallest absolute Gasteiger partial charge is 0.231 e. The number of para-hydroxylation sites is 1. The largest absolute Gasteiger partial charge is 0.360 e. The molecule has 2 aromatic heterocycles. The van der Waals surface area contributed by atoms with Crippen LogP contribution in [0.15, 0.2) is 71.3 Å². The van der Waals surface area contributed by atoms with Crippen molar-refractivity contribution in [1.82, 2.24) is 15.1 Å². The van der Waals surface area contributed by atoms with Crippen LogP contribution in [0.5, 0.6) is 0 Å². The predicted molar refractivity (Wildman–Crippen MR) is 111 cm³/mol. The number of aryl methyl sites for hydroxylation is 2. The highest BCUT2D eigenvalue weighted by Crippen LogP contribution is 2.26. The van der Waals surface area contributed by atoms with Crippen LogP contribution < -0.4 is 10.6 Å². The van der Waals surface area contributed by atoms with Crippen molar-refractivity contribution in [1.29, 1.82) is 0 Å². The van der Waals surface area contributed by atoms with Crippen LogP contribution in [-0.4, -0.2) is 15.1 Å². The first kappa shape index (κ1) is 17.7. The monoisotopic (exact) mass is 371 g/mol. The van der Waals surface area contributed by atoms with Crippen molar-refractivity contribution < 1.29 is 4.52 Å². The Kier molecular flexibility index (Phi) is 5.01. The fourth-order valence-corrected chi connectivity index (χ4v) is 2.95. The number of benzene rings is 2. The molecule has 0 aliphatic carbocycles. The van der Waals surface area contributed by atoms with E-state index in [1.165, 1.54) is 5.56 Å². The van der Waals surface area contributed by atoms with Gasteiger partial charge in [-0.3, -0.25) is 0 Å². The van der Waals surface area contributed by atoms with E-state index in [9.17, 15) is 0 Å². The number of nitrogens with one attached hydrogen (secondary N) is 2. The maximum absolute atomic E-state index is 5.12. The molecule has 0 bridgehead atoms. The second-order valence-electron chi connectivity index (χ2n) is 6.41. The maximum atomic E-state index is 5.12. The second kappa shape index (κ2) is 7.92. The Hall–Kier alpha value is -3.67. The molecular weight excluding hydrogens is 350 g/mol. The molecule has 6 heteroatoms. The van der Waals surface area contributed by atoms with Gasteiger partial charge in [-0.05, 0) is 25.0 Å². The van der Waals surface area contributed by atoms with E-state index in [2.05, 4.69) is 44.8 Å². The van der Waals surface area contributed by atoms with Gasteiger partial charge in [0.2, 0.25) is 5.95 Å². The quantitative estimate of drug-likeness (QED) is 0.467. The van der Waals surface area contributed by atoms with Gasteiger partial charge in [-0.1, -0.05) is 60.6 Å². The average Bonchev–Trinajstić information content (AvgIpc) is 3.13. The Balaban J connectivity index is 1.73. The summed E-state index contributed by atoms with van der Waals surface area (Å²) in [5, 5.41) is 10.5. The van der Waals surface area contributed by atoms with E-state index in [1.807, 2.05) is 55.5 Å². The van der Waals surface area contributed by atoms with Crippen molar-refractivity contribution in [3.8, 4) is 11.3 Å². The van der Waals surface area contributed by atoms with Crippen LogP contribution >= 0.6 is 0 Å². The van der Waals surface area contributed by atoms with Gasteiger partial charge >= 0.3 is 0 Å². The highest BCUT2D eigenvalue weighted by molar-refractivity contribution is 5.69. The molecule has 0 atom stereocenters. The minimum Gasteiger partial charge on any atom is -0.360 e. The first-order valence-corrected chi connectivity index (χ1v) is 9.21. The standard InChI is InChI=1S/C22H21N5O/c1-3-16-9-7-8-12-18(16)23-20-14-19(17-10-5-4-6-11-17)24-22(25-20)26-21-13-15(2)28-27-21/h4-14H,3H2,1-2H3,(H2,23,24,25,26,27). The fourth-order valence-electron chi connectivity index (χ4n) is 2.95. The molecule has 2 N–H and O–H groups in total. The minimum atomic E-state index is 0.450. The Morgan fingerprint density at radius 2 is 1.64 bits per heavy atom. The third-order valence-corrected chi connectivity index (χ3v) is 4.32. The molecule has 0 aliphatic heterocycles. The van der Waals surface area contributed by atoms with Gasteiger partial charge in [0, 0.05) is 23.4 Å². The molecule has 0 amide bonds. The SMILES string of the molecule is CCc1ccccc1Nc1cc(-c2ccccc2)nc(Nc2cc(C)on2)n1. The predicted octanol–water partition coefficient (Wildman–Crippen LogP) is 5.49. The van der Waals surface area contributed by atoms with Crippen molar-refractivity contribution in [3.05, 3.63) is 78.1 Å². The third kappa shape index (κ3) is 4.01. The molecule has 28 heavy (non-hydrogen) atoms. The zero-order chi connectivity index (χ0) is 19.3. The van der Waals surface area contributed by atoms with Gasteiger partial charge in [0.1, 0.15) is 11.6 Å². The van der Waals surface area contributed by atoms with Crippen molar-refractivity contribution in [2.24, 2.45) is 0 Å². The van der Waals surface area contributed by atoms with E-state index in [0.29, 0.717) is 17.6 Å². The fraction of sp³-hybridized carbons (Fsp3) is 0.136. The molecule has 0 spiro atoms. The van der Waals surface area contributed by atoms with Gasteiger partial charge in [-0.2, -0.15) is 4.98 Å². The van der Waals surface area contributed by atoms with Gasteiger partial charge in [-0.25, -0.2) is 4.98 Å². The van der Waals surface area contributed by atoms with E-state index in [-0.39, 0.29) is 0 Å². The van der Waals surface area contributed by atoms with Gasteiger partial charge < -0.3 is 15.2 Å². The summed E-state index contributed by atoms with van der Waals surface area (Å²) in [6, 6.07) is 22.0. The Labute approximate surface area is 163 Å². The zero-order valence-corrected chi connectivity index (χ0v) is 15.8.